The third-order valence-corrected chi connectivity index (χ3v) is 6.10. The van der Waals surface area contributed by atoms with Gasteiger partial charge in [0, 0.05) is 11.2 Å². The number of anilines is 1. The Morgan fingerprint density at radius 2 is 1.90 bits per heavy atom. The predicted octanol–water partition coefficient (Wildman–Crippen LogP) is 4.10. The van der Waals surface area contributed by atoms with Crippen molar-refractivity contribution in [1.29, 1.82) is 0 Å². The maximum Gasteiger partial charge on any atom is 0.261 e. The Hall–Kier alpha value is -3.37. The van der Waals surface area contributed by atoms with Crippen LogP contribution < -0.4 is 4.72 Å². The number of aromatic nitrogens is 4. The highest BCUT2D eigenvalue weighted by atomic mass is 35.5. The van der Waals surface area contributed by atoms with Gasteiger partial charge in [0.05, 0.1) is 16.3 Å². The van der Waals surface area contributed by atoms with E-state index in [4.69, 9.17) is 11.6 Å². The predicted molar refractivity (Wildman–Crippen MR) is 113 cm³/mol. The minimum absolute atomic E-state index is 0.0374. The van der Waals surface area contributed by atoms with Crippen LogP contribution >= 0.6 is 11.6 Å². The molecule has 152 valence electrons. The minimum Gasteiger partial charge on any atom is -0.277 e. The lowest BCUT2D eigenvalue weighted by Crippen LogP contribution is -2.15. The van der Waals surface area contributed by atoms with E-state index < -0.39 is 16.1 Å². The summed E-state index contributed by atoms with van der Waals surface area (Å²) >= 11 is 6.15. The molecule has 0 spiro atoms. The van der Waals surface area contributed by atoms with Crippen molar-refractivity contribution in [2.45, 2.75) is 17.9 Å². The monoisotopic (exact) mass is 442 g/mol. The molecule has 2 aromatic heterocycles. The Balaban J connectivity index is 1.74. The van der Waals surface area contributed by atoms with Gasteiger partial charge in [-0.15, -0.1) is 5.10 Å². The van der Waals surface area contributed by atoms with Crippen LogP contribution in [0.25, 0.3) is 16.9 Å². The van der Waals surface area contributed by atoms with Gasteiger partial charge in [0.1, 0.15) is 11.6 Å². The lowest BCUT2D eigenvalue weighted by atomic mass is 10.1. The van der Waals surface area contributed by atoms with Crippen LogP contribution in [0.5, 0.6) is 0 Å². The lowest BCUT2D eigenvalue weighted by molar-refractivity contribution is 0.601. The average molecular weight is 443 g/mol. The van der Waals surface area contributed by atoms with Gasteiger partial charge >= 0.3 is 0 Å². The summed E-state index contributed by atoms with van der Waals surface area (Å²) < 4.78 is 29.9. The Morgan fingerprint density at radius 1 is 1.13 bits per heavy atom. The maximum absolute atomic E-state index is 12.9. The van der Waals surface area contributed by atoms with Crippen molar-refractivity contribution >= 4 is 38.5 Å². The Morgan fingerprint density at radius 3 is 2.63 bits per heavy atom. The van der Waals surface area contributed by atoms with Gasteiger partial charge in [-0.2, -0.15) is 4.91 Å². The first kappa shape index (κ1) is 19.9. The van der Waals surface area contributed by atoms with Crippen LogP contribution in [0.2, 0.25) is 5.02 Å². The van der Waals surface area contributed by atoms with Gasteiger partial charge in [-0.05, 0) is 55.0 Å². The SMILES string of the molecule is CC(N=O)c1ccc(S(=O)(=O)Nc2ccc(Cl)cc2-n2nnc3ncccc32)cc1. The number of hydrogen-bond donors (Lipinski definition) is 1. The largest absolute Gasteiger partial charge is 0.277 e. The van der Waals surface area contributed by atoms with Crippen LogP contribution in [0.1, 0.15) is 18.5 Å². The first-order valence-electron chi connectivity index (χ1n) is 8.80. The molecule has 9 nitrogen and oxygen atoms in total. The molecule has 1 N–H and O–H groups in total. The topological polar surface area (TPSA) is 119 Å². The molecule has 0 aliphatic rings. The average Bonchev–Trinajstić information content (AvgIpc) is 3.18. The van der Waals surface area contributed by atoms with E-state index in [0.717, 1.165) is 0 Å². The number of rotatable bonds is 6. The molecule has 0 aliphatic heterocycles. The zero-order chi connectivity index (χ0) is 21.3. The molecular weight excluding hydrogens is 428 g/mol. The van der Waals surface area contributed by atoms with E-state index in [9.17, 15) is 13.3 Å². The van der Waals surface area contributed by atoms with E-state index in [0.29, 0.717) is 27.4 Å². The first-order valence-corrected chi connectivity index (χ1v) is 10.7. The van der Waals surface area contributed by atoms with Crippen LogP contribution in [-0.2, 0) is 10.0 Å². The molecule has 4 aromatic rings. The Labute approximate surface area is 176 Å². The summed E-state index contributed by atoms with van der Waals surface area (Å²) in [5.74, 6) is 0. The van der Waals surface area contributed by atoms with E-state index >= 15 is 0 Å². The highest BCUT2D eigenvalue weighted by Gasteiger charge is 2.19. The van der Waals surface area contributed by atoms with Crippen molar-refractivity contribution in [3.05, 3.63) is 76.3 Å². The smallest absolute Gasteiger partial charge is 0.261 e. The summed E-state index contributed by atoms with van der Waals surface area (Å²) in [6.45, 7) is 1.63. The fourth-order valence-corrected chi connectivity index (χ4v) is 4.14. The number of nitroso groups, excluding NO2 is 1. The van der Waals surface area contributed by atoms with Gasteiger partial charge in [0.2, 0.25) is 5.65 Å². The van der Waals surface area contributed by atoms with Gasteiger partial charge in [0.25, 0.3) is 10.0 Å². The van der Waals surface area contributed by atoms with Crippen LogP contribution in [0.4, 0.5) is 5.69 Å². The first-order chi connectivity index (χ1) is 14.4. The van der Waals surface area contributed by atoms with E-state index in [1.54, 1.807) is 55.6 Å². The molecule has 2 aromatic carbocycles. The number of sulfonamides is 1. The molecule has 0 aliphatic carbocycles. The molecule has 0 radical (unpaired) electrons. The number of halogens is 1. The molecule has 0 bridgehead atoms. The second-order valence-electron chi connectivity index (χ2n) is 6.46. The van der Waals surface area contributed by atoms with Gasteiger partial charge in [-0.25, -0.2) is 18.1 Å². The van der Waals surface area contributed by atoms with Crippen LogP contribution in [0, 0.1) is 4.91 Å². The van der Waals surface area contributed by atoms with Crippen LogP contribution in [-0.4, -0.2) is 28.4 Å². The molecule has 1 unspecified atom stereocenters. The van der Waals surface area contributed by atoms with E-state index in [-0.39, 0.29) is 10.6 Å². The summed E-state index contributed by atoms with van der Waals surface area (Å²) in [6.07, 6.45) is 1.59. The molecule has 0 amide bonds. The minimum atomic E-state index is -3.92. The van der Waals surface area contributed by atoms with E-state index in [1.807, 2.05) is 0 Å². The zero-order valence-electron chi connectivity index (χ0n) is 15.6. The fraction of sp³-hybridized carbons (Fsp3) is 0.105. The number of benzene rings is 2. The molecule has 0 saturated heterocycles. The molecule has 11 heteroatoms. The Bertz CT molecular complexity index is 1340. The highest BCUT2D eigenvalue weighted by molar-refractivity contribution is 7.92. The third kappa shape index (κ3) is 3.74. The summed E-state index contributed by atoms with van der Waals surface area (Å²) in [5.41, 5.74) is 2.30. The molecular formula is C19H15ClN6O3S. The number of nitrogens with one attached hydrogen (secondary N) is 1. The summed E-state index contributed by atoms with van der Waals surface area (Å²) in [7, 11) is -3.92. The molecule has 0 saturated carbocycles. The maximum atomic E-state index is 12.9. The summed E-state index contributed by atoms with van der Waals surface area (Å²) in [6, 6.07) is 13.6. The second-order valence-corrected chi connectivity index (χ2v) is 8.58. The molecule has 4 rings (SSSR count). The third-order valence-electron chi connectivity index (χ3n) is 4.49. The quantitative estimate of drug-likeness (QED) is 0.449. The van der Waals surface area contributed by atoms with Crippen molar-refractivity contribution < 1.29 is 8.42 Å². The van der Waals surface area contributed by atoms with Crippen molar-refractivity contribution in [2.24, 2.45) is 5.18 Å². The fourth-order valence-electron chi connectivity index (χ4n) is 2.90. The number of fused-ring (bicyclic) bond motifs is 1. The Kier molecular flexibility index (Phi) is 5.18. The van der Waals surface area contributed by atoms with Gasteiger partial charge in [-0.1, -0.05) is 34.1 Å². The standard InChI is InChI=1S/C19H15ClN6O3S/c1-12(23-27)13-4-7-15(8-5-13)30(28,29)24-16-9-6-14(20)11-18(16)26-17-3-2-10-21-19(17)22-25-26/h2-12,24H,1H3. The zero-order valence-corrected chi connectivity index (χ0v) is 17.2. The van der Waals surface area contributed by atoms with Crippen molar-refractivity contribution in [3.8, 4) is 5.69 Å². The summed E-state index contributed by atoms with van der Waals surface area (Å²) in [4.78, 5) is 14.9. The van der Waals surface area contributed by atoms with Gasteiger partial charge < -0.3 is 0 Å². The van der Waals surface area contributed by atoms with Gasteiger partial charge in [-0.3, -0.25) is 4.72 Å². The number of pyridine rings is 1. The molecule has 1 atom stereocenters. The normalized spacial score (nSPS) is 12.6. The van der Waals surface area contributed by atoms with Crippen molar-refractivity contribution in [2.75, 3.05) is 4.72 Å². The van der Waals surface area contributed by atoms with Crippen molar-refractivity contribution in [1.82, 2.24) is 20.0 Å². The molecule has 0 fully saturated rings. The molecule has 2 heterocycles. The highest BCUT2D eigenvalue weighted by Crippen LogP contribution is 2.29. The van der Waals surface area contributed by atoms with Crippen LogP contribution in [0.15, 0.2) is 70.9 Å². The van der Waals surface area contributed by atoms with E-state index in [2.05, 4.69) is 25.2 Å². The lowest BCUT2D eigenvalue weighted by Gasteiger charge is -2.14. The number of hydrogen-bond acceptors (Lipinski definition) is 7. The van der Waals surface area contributed by atoms with Crippen molar-refractivity contribution in [3.63, 3.8) is 0 Å². The van der Waals surface area contributed by atoms with Crippen LogP contribution in [0.3, 0.4) is 0 Å². The summed E-state index contributed by atoms with van der Waals surface area (Å²) in [5, 5.41) is 11.4. The molecule has 30 heavy (non-hydrogen) atoms. The van der Waals surface area contributed by atoms with E-state index in [1.165, 1.54) is 16.8 Å². The number of nitrogens with zero attached hydrogens (tertiary/aromatic N) is 5. The second kappa shape index (κ2) is 7.81. The van der Waals surface area contributed by atoms with Gasteiger partial charge in [0.15, 0.2) is 0 Å².